The van der Waals surface area contributed by atoms with Gasteiger partial charge < -0.3 is 15.3 Å². The van der Waals surface area contributed by atoms with Gasteiger partial charge in [0, 0.05) is 0 Å². The number of aliphatic hydroxyl groups excluding tert-OH is 3. The van der Waals surface area contributed by atoms with Crippen molar-refractivity contribution in [3.05, 3.63) is 0 Å². The standard InChI is InChI=1S/C7H10O5/c1-2-3(8)5(10)7(12)6(11)4(2)9/h2-3,6-8,11-12H,1H3. The molecule has 4 unspecified atom stereocenters. The summed E-state index contributed by atoms with van der Waals surface area (Å²) in [6.07, 6.45) is -4.95. The Bertz CT molecular complexity index is 180. The average molecular weight is 174 g/mol. The molecule has 0 saturated heterocycles. The molecule has 4 atom stereocenters. The van der Waals surface area contributed by atoms with Gasteiger partial charge in [-0.1, -0.05) is 6.92 Å². The average Bonchev–Trinajstić information content (AvgIpc) is 2.08. The number of ketones is 2. The molecule has 1 aliphatic carbocycles. The fraction of sp³-hybridized carbons (Fsp3) is 0.714. The summed E-state index contributed by atoms with van der Waals surface area (Å²) < 4.78 is 0. The molecular weight excluding hydrogens is 164 g/mol. The number of aliphatic hydroxyl groups is 3. The zero-order valence-electron chi connectivity index (χ0n) is 6.47. The van der Waals surface area contributed by atoms with Crippen LogP contribution in [-0.4, -0.2) is 45.2 Å². The van der Waals surface area contributed by atoms with E-state index in [9.17, 15) is 9.59 Å². The Labute approximate surface area is 68.6 Å². The van der Waals surface area contributed by atoms with Crippen LogP contribution in [0.4, 0.5) is 0 Å². The molecule has 1 aliphatic rings. The first kappa shape index (κ1) is 9.31. The van der Waals surface area contributed by atoms with Crippen molar-refractivity contribution >= 4 is 11.6 Å². The van der Waals surface area contributed by atoms with Gasteiger partial charge in [0.15, 0.2) is 11.6 Å². The van der Waals surface area contributed by atoms with Crippen molar-refractivity contribution in [1.29, 1.82) is 0 Å². The molecule has 1 rings (SSSR count). The number of rotatable bonds is 0. The zero-order chi connectivity index (χ0) is 9.46. The van der Waals surface area contributed by atoms with E-state index in [4.69, 9.17) is 15.3 Å². The molecule has 0 aromatic carbocycles. The van der Waals surface area contributed by atoms with Gasteiger partial charge in [-0.2, -0.15) is 0 Å². The van der Waals surface area contributed by atoms with E-state index in [1.807, 2.05) is 0 Å². The quantitative estimate of drug-likeness (QED) is 0.389. The second-order valence-corrected chi connectivity index (χ2v) is 2.93. The van der Waals surface area contributed by atoms with Gasteiger partial charge in [-0.25, -0.2) is 0 Å². The first-order chi connectivity index (χ1) is 5.46. The van der Waals surface area contributed by atoms with E-state index in [1.54, 1.807) is 0 Å². The maximum atomic E-state index is 11.0. The van der Waals surface area contributed by atoms with Gasteiger partial charge in [0.2, 0.25) is 0 Å². The van der Waals surface area contributed by atoms with Crippen molar-refractivity contribution in [3.63, 3.8) is 0 Å². The Kier molecular flexibility index (Phi) is 2.27. The smallest absolute Gasteiger partial charge is 0.193 e. The third-order valence-electron chi connectivity index (χ3n) is 2.10. The minimum absolute atomic E-state index is 0.699. The van der Waals surface area contributed by atoms with Crippen molar-refractivity contribution < 1.29 is 24.9 Å². The fourth-order valence-electron chi connectivity index (χ4n) is 1.16. The van der Waals surface area contributed by atoms with E-state index in [-0.39, 0.29) is 0 Å². The largest absolute Gasteiger partial charge is 0.384 e. The summed E-state index contributed by atoms with van der Waals surface area (Å²) in [5.74, 6) is -2.53. The Morgan fingerprint density at radius 3 is 1.83 bits per heavy atom. The summed E-state index contributed by atoms with van der Waals surface area (Å²) in [6.45, 7) is 1.33. The second kappa shape index (κ2) is 2.93. The van der Waals surface area contributed by atoms with E-state index in [0.29, 0.717) is 0 Å². The Balaban J connectivity index is 2.91. The molecule has 0 bridgehead atoms. The molecular formula is C7H10O5. The van der Waals surface area contributed by atoms with Gasteiger partial charge in [0.25, 0.3) is 0 Å². The minimum Gasteiger partial charge on any atom is -0.384 e. The summed E-state index contributed by atoms with van der Waals surface area (Å²) in [6, 6.07) is 0. The lowest BCUT2D eigenvalue weighted by Gasteiger charge is -2.29. The molecule has 0 heterocycles. The summed E-state index contributed by atoms with van der Waals surface area (Å²) in [5, 5.41) is 27.0. The van der Waals surface area contributed by atoms with E-state index in [2.05, 4.69) is 0 Å². The monoisotopic (exact) mass is 174 g/mol. The number of Topliss-reactive ketones (excluding diaryl/α,β-unsaturated/α-hetero) is 2. The molecule has 5 nitrogen and oxygen atoms in total. The molecule has 5 heteroatoms. The number of carbonyl (C=O) groups is 2. The predicted molar refractivity (Wildman–Crippen MR) is 37.2 cm³/mol. The number of carbonyl (C=O) groups excluding carboxylic acids is 2. The van der Waals surface area contributed by atoms with Crippen LogP contribution in [-0.2, 0) is 9.59 Å². The highest BCUT2D eigenvalue weighted by atomic mass is 16.4. The van der Waals surface area contributed by atoms with E-state index in [0.717, 1.165) is 0 Å². The van der Waals surface area contributed by atoms with Gasteiger partial charge in [0.05, 0.1) is 5.92 Å². The Hall–Kier alpha value is -0.780. The summed E-state index contributed by atoms with van der Waals surface area (Å²) in [5.41, 5.74) is 0. The normalized spacial score (nSPS) is 43.3. The van der Waals surface area contributed by atoms with Crippen LogP contribution in [0.1, 0.15) is 6.92 Å². The van der Waals surface area contributed by atoms with Crippen LogP contribution in [0.15, 0.2) is 0 Å². The molecule has 12 heavy (non-hydrogen) atoms. The van der Waals surface area contributed by atoms with Crippen LogP contribution >= 0.6 is 0 Å². The lowest BCUT2D eigenvalue weighted by molar-refractivity contribution is -0.163. The maximum absolute atomic E-state index is 11.0. The van der Waals surface area contributed by atoms with Gasteiger partial charge in [-0.3, -0.25) is 9.59 Å². The van der Waals surface area contributed by atoms with Crippen molar-refractivity contribution in [2.24, 2.45) is 5.92 Å². The van der Waals surface area contributed by atoms with Gasteiger partial charge in [-0.05, 0) is 0 Å². The summed E-state index contributed by atoms with van der Waals surface area (Å²) in [4.78, 5) is 21.8. The first-order valence-corrected chi connectivity index (χ1v) is 3.58. The van der Waals surface area contributed by atoms with Crippen molar-refractivity contribution in [1.82, 2.24) is 0 Å². The van der Waals surface area contributed by atoms with Crippen LogP contribution in [0.25, 0.3) is 0 Å². The molecule has 0 aromatic heterocycles. The Morgan fingerprint density at radius 2 is 1.33 bits per heavy atom. The van der Waals surface area contributed by atoms with Crippen LogP contribution in [0.3, 0.4) is 0 Å². The highest BCUT2D eigenvalue weighted by Gasteiger charge is 2.45. The van der Waals surface area contributed by atoms with Crippen LogP contribution in [0, 0.1) is 5.92 Å². The van der Waals surface area contributed by atoms with Gasteiger partial charge >= 0.3 is 0 Å². The van der Waals surface area contributed by atoms with Gasteiger partial charge in [-0.15, -0.1) is 0 Å². The van der Waals surface area contributed by atoms with Gasteiger partial charge in [0.1, 0.15) is 18.3 Å². The maximum Gasteiger partial charge on any atom is 0.193 e. The van der Waals surface area contributed by atoms with Crippen LogP contribution in [0.5, 0.6) is 0 Å². The minimum atomic E-state index is -1.77. The highest BCUT2D eigenvalue weighted by Crippen LogP contribution is 2.18. The second-order valence-electron chi connectivity index (χ2n) is 2.93. The Morgan fingerprint density at radius 1 is 0.917 bits per heavy atom. The molecule has 0 aliphatic heterocycles. The van der Waals surface area contributed by atoms with Crippen molar-refractivity contribution in [2.45, 2.75) is 25.2 Å². The third kappa shape index (κ3) is 1.16. The molecule has 0 radical (unpaired) electrons. The topological polar surface area (TPSA) is 94.8 Å². The third-order valence-corrected chi connectivity index (χ3v) is 2.10. The lowest BCUT2D eigenvalue weighted by atomic mass is 9.82. The molecule has 1 saturated carbocycles. The zero-order valence-corrected chi connectivity index (χ0v) is 6.47. The molecule has 0 spiro atoms. The predicted octanol–water partition coefficient (Wildman–Crippen LogP) is -2.14. The van der Waals surface area contributed by atoms with Crippen LogP contribution < -0.4 is 0 Å². The molecule has 0 amide bonds. The number of hydrogen-bond donors (Lipinski definition) is 3. The SMILES string of the molecule is CC1C(=O)C(O)C(O)C(=O)C1O. The molecule has 3 N–H and O–H groups in total. The molecule has 68 valence electrons. The molecule has 1 fully saturated rings. The summed E-state index contributed by atoms with van der Waals surface area (Å²) >= 11 is 0. The first-order valence-electron chi connectivity index (χ1n) is 3.58. The summed E-state index contributed by atoms with van der Waals surface area (Å²) in [7, 11) is 0. The highest BCUT2D eigenvalue weighted by molar-refractivity contribution is 6.03. The van der Waals surface area contributed by atoms with Crippen LogP contribution in [0.2, 0.25) is 0 Å². The van der Waals surface area contributed by atoms with E-state index in [1.165, 1.54) is 6.92 Å². The van der Waals surface area contributed by atoms with E-state index < -0.39 is 35.8 Å². The van der Waals surface area contributed by atoms with Crippen molar-refractivity contribution in [2.75, 3.05) is 0 Å². The number of hydrogen-bond acceptors (Lipinski definition) is 5. The van der Waals surface area contributed by atoms with E-state index >= 15 is 0 Å². The lowest BCUT2D eigenvalue weighted by Crippen LogP contribution is -2.55. The van der Waals surface area contributed by atoms with Crippen molar-refractivity contribution in [3.8, 4) is 0 Å². The molecule has 0 aromatic rings. The fourth-order valence-corrected chi connectivity index (χ4v) is 1.16.